The molecule has 0 saturated carbocycles. The zero-order valence-corrected chi connectivity index (χ0v) is 12.8. The van der Waals surface area contributed by atoms with E-state index in [4.69, 9.17) is 4.43 Å². The normalized spacial score (nSPS) is 11.6. The summed E-state index contributed by atoms with van der Waals surface area (Å²) in [5.41, 5.74) is 0. The van der Waals surface area contributed by atoms with Crippen molar-refractivity contribution in [3.05, 3.63) is 29.1 Å². The minimum atomic E-state index is -3.61. The third kappa shape index (κ3) is 3.61. The zero-order chi connectivity index (χ0) is 16.4. The summed E-state index contributed by atoms with van der Waals surface area (Å²) in [5.74, 6) is -10.9. The van der Waals surface area contributed by atoms with Crippen molar-refractivity contribution in [3.63, 3.8) is 0 Å². The largest absolute Gasteiger partial charge is 0.515 e. The Morgan fingerprint density at radius 1 is 0.952 bits per heavy atom. The number of hydrogen-bond acceptors (Lipinski definition) is 2. The fraction of sp³-hybridized carbons (Fsp3) is 0.462. The molecule has 0 heterocycles. The molecular weight excluding hydrogens is 311 g/mol. The van der Waals surface area contributed by atoms with Crippen LogP contribution in [0.25, 0.3) is 0 Å². The smallest absolute Gasteiger partial charge is 0.292 e. The van der Waals surface area contributed by atoms with Gasteiger partial charge in [0.2, 0.25) is 5.82 Å². The van der Waals surface area contributed by atoms with Gasteiger partial charge in [-0.2, -0.15) is 0 Å². The molecule has 0 bridgehead atoms. The highest BCUT2D eigenvalue weighted by molar-refractivity contribution is 6.85. The SMILES string of the molecule is CCCCC(=O)O[Si](C)(C)c1c(F)c(F)c(F)c(F)c1F. The lowest BCUT2D eigenvalue weighted by Crippen LogP contribution is -2.51. The van der Waals surface area contributed by atoms with Crippen LogP contribution in [-0.2, 0) is 9.22 Å². The number of carbonyl (C=O) groups is 1. The van der Waals surface area contributed by atoms with Crippen LogP contribution in [0.2, 0.25) is 13.1 Å². The second kappa shape index (κ2) is 6.55. The van der Waals surface area contributed by atoms with Gasteiger partial charge in [-0.25, -0.2) is 22.0 Å². The van der Waals surface area contributed by atoms with Crippen LogP contribution in [-0.4, -0.2) is 14.3 Å². The van der Waals surface area contributed by atoms with Crippen molar-refractivity contribution in [2.24, 2.45) is 0 Å². The Morgan fingerprint density at radius 2 is 1.38 bits per heavy atom. The van der Waals surface area contributed by atoms with E-state index in [1.54, 1.807) is 0 Å². The van der Waals surface area contributed by atoms with Crippen molar-refractivity contribution in [1.29, 1.82) is 0 Å². The summed E-state index contributed by atoms with van der Waals surface area (Å²) in [4.78, 5) is 11.6. The Labute approximate surface area is 120 Å². The topological polar surface area (TPSA) is 26.3 Å². The van der Waals surface area contributed by atoms with E-state index < -0.39 is 48.6 Å². The molecule has 0 atom stereocenters. The van der Waals surface area contributed by atoms with Crippen molar-refractivity contribution in [3.8, 4) is 0 Å². The lowest BCUT2D eigenvalue weighted by Gasteiger charge is -2.24. The van der Waals surface area contributed by atoms with E-state index in [0.717, 1.165) is 0 Å². The van der Waals surface area contributed by atoms with Gasteiger partial charge in [0.1, 0.15) is 0 Å². The van der Waals surface area contributed by atoms with Crippen LogP contribution in [0.3, 0.4) is 0 Å². The van der Waals surface area contributed by atoms with Gasteiger partial charge in [0.15, 0.2) is 23.3 Å². The highest BCUT2D eigenvalue weighted by atomic mass is 28.4. The van der Waals surface area contributed by atoms with Crippen LogP contribution in [0.1, 0.15) is 26.2 Å². The standard InChI is InChI=1S/C13H15F5O2Si/c1-4-5-6-7(19)20-21(2,3)13-11(17)9(15)8(14)10(16)12(13)18/h4-6H2,1-3H3. The molecule has 1 aromatic carbocycles. The Balaban J connectivity index is 3.23. The van der Waals surface area contributed by atoms with Crippen molar-refractivity contribution < 1.29 is 31.2 Å². The fourth-order valence-corrected chi connectivity index (χ4v) is 3.89. The summed E-state index contributed by atoms with van der Waals surface area (Å²) in [5, 5.41) is -1.02. The van der Waals surface area contributed by atoms with E-state index in [0.29, 0.717) is 12.8 Å². The van der Waals surface area contributed by atoms with Gasteiger partial charge >= 0.3 is 0 Å². The van der Waals surface area contributed by atoms with Crippen molar-refractivity contribution in [2.45, 2.75) is 39.3 Å². The highest BCUT2D eigenvalue weighted by Crippen LogP contribution is 2.20. The maximum absolute atomic E-state index is 13.7. The molecule has 0 amide bonds. The van der Waals surface area contributed by atoms with Crippen LogP contribution < -0.4 is 5.19 Å². The summed E-state index contributed by atoms with van der Waals surface area (Å²) < 4.78 is 71.8. The number of hydrogen-bond donors (Lipinski definition) is 0. The van der Waals surface area contributed by atoms with E-state index in [-0.39, 0.29) is 6.42 Å². The molecule has 21 heavy (non-hydrogen) atoms. The first-order chi connectivity index (χ1) is 9.63. The molecular formula is C13H15F5O2Si. The minimum Gasteiger partial charge on any atom is -0.515 e. The van der Waals surface area contributed by atoms with E-state index in [1.165, 1.54) is 13.1 Å². The maximum atomic E-state index is 13.7. The van der Waals surface area contributed by atoms with E-state index in [1.807, 2.05) is 6.92 Å². The Bertz CT molecular complexity index is 531. The average molecular weight is 326 g/mol. The monoisotopic (exact) mass is 326 g/mol. The van der Waals surface area contributed by atoms with Crippen molar-refractivity contribution in [1.82, 2.24) is 0 Å². The Hall–Kier alpha value is -1.44. The molecule has 0 spiro atoms. The van der Waals surface area contributed by atoms with Crippen molar-refractivity contribution >= 4 is 19.5 Å². The molecule has 0 aromatic heterocycles. The van der Waals surface area contributed by atoms with Crippen LogP contribution in [0.5, 0.6) is 0 Å². The predicted molar refractivity (Wildman–Crippen MR) is 69.0 cm³/mol. The molecule has 1 aromatic rings. The molecule has 0 fully saturated rings. The lowest BCUT2D eigenvalue weighted by molar-refractivity contribution is -0.135. The summed E-state index contributed by atoms with van der Waals surface area (Å²) in [7, 11) is -3.61. The fourth-order valence-electron chi connectivity index (χ4n) is 1.84. The number of carbonyl (C=O) groups excluding carboxylic acids is 1. The Kier molecular flexibility index (Phi) is 5.49. The molecule has 0 unspecified atom stereocenters. The summed E-state index contributed by atoms with van der Waals surface area (Å²) in [6.45, 7) is 4.24. The third-order valence-corrected chi connectivity index (χ3v) is 5.30. The van der Waals surface area contributed by atoms with Crippen LogP contribution in [0, 0.1) is 29.1 Å². The number of halogens is 5. The van der Waals surface area contributed by atoms with E-state index in [2.05, 4.69) is 0 Å². The van der Waals surface area contributed by atoms with Crippen molar-refractivity contribution in [2.75, 3.05) is 0 Å². The second-order valence-corrected chi connectivity index (χ2v) is 8.76. The van der Waals surface area contributed by atoms with Gasteiger partial charge < -0.3 is 4.43 Å². The molecule has 2 nitrogen and oxygen atoms in total. The average Bonchev–Trinajstić information content (AvgIpc) is 2.40. The van der Waals surface area contributed by atoms with Gasteiger partial charge in [-0.3, -0.25) is 4.79 Å². The molecule has 8 heteroatoms. The predicted octanol–water partition coefficient (Wildman–Crippen LogP) is 3.53. The molecule has 0 aliphatic carbocycles. The first kappa shape index (κ1) is 17.6. The lowest BCUT2D eigenvalue weighted by atomic mass is 10.3. The van der Waals surface area contributed by atoms with Crippen LogP contribution >= 0.6 is 0 Å². The summed E-state index contributed by atoms with van der Waals surface area (Å²) in [6.07, 6.45) is 1.25. The molecule has 0 saturated heterocycles. The van der Waals surface area contributed by atoms with Gasteiger partial charge in [0.25, 0.3) is 14.3 Å². The summed E-state index contributed by atoms with van der Waals surface area (Å²) in [6, 6.07) is 0. The zero-order valence-electron chi connectivity index (χ0n) is 11.8. The van der Waals surface area contributed by atoms with Gasteiger partial charge in [-0.05, 0) is 19.5 Å². The maximum Gasteiger partial charge on any atom is 0.292 e. The first-order valence-electron chi connectivity index (χ1n) is 6.37. The quantitative estimate of drug-likeness (QED) is 0.358. The van der Waals surface area contributed by atoms with Gasteiger partial charge in [0, 0.05) is 6.42 Å². The van der Waals surface area contributed by atoms with Gasteiger partial charge in [0.05, 0.1) is 5.19 Å². The van der Waals surface area contributed by atoms with Crippen LogP contribution in [0.15, 0.2) is 0 Å². The van der Waals surface area contributed by atoms with Gasteiger partial charge in [-0.15, -0.1) is 0 Å². The van der Waals surface area contributed by atoms with Crippen LogP contribution in [0.4, 0.5) is 22.0 Å². The molecule has 0 aliphatic heterocycles. The molecule has 1 rings (SSSR count). The Morgan fingerprint density at radius 3 is 1.81 bits per heavy atom. The molecule has 0 N–H and O–H groups in total. The third-order valence-electron chi connectivity index (χ3n) is 2.92. The minimum absolute atomic E-state index is 0.0301. The summed E-state index contributed by atoms with van der Waals surface area (Å²) >= 11 is 0. The second-order valence-electron chi connectivity index (χ2n) is 5.03. The molecule has 0 radical (unpaired) electrons. The molecule has 0 aliphatic rings. The molecule has 118 valence electrons. The van der Waals surface area contributed by atoms with E-state index >= 15 is 0 Å². The van der Waals surface area contributed by atoms with E-state index in [9.17, 15) is 26.7 Å². The first-order valence-corrected chi connectivity index (χ1v) is 9.28. The highest BCUT2D eigenvalue weighted by Gasteiger charge is 2.40. The number of rotatable bonds is 5. The number of benzene rings is 1. The van der Waals surface area contributed by atoms with Gasteiger partial charge in [-0.1, -0.05) is 13.3 Å². The number of unbranched alkanes of at least 4 members (excludes halogenated alkanes) is 1.